The van der Waals surface area contributed by atoms with Crippen LogP contribution in [0.25, 0.3) is 0 Å². The van der Waals surface area contributed by atoms with Crippen molar-refractivity contribution in [2.45, 2.75) is 60.0 Å². The normalized spacial score (nSPS) is 11.7. The molecule has 3 N–H and O–H groups in total. The molecule has 26 heavy (non-hydrogen) atoms. The predicted molar refractivity (Wildman–Crippen MR) is 119 cm³/mol. The predicted octanol–water partition coefficient (Wildman–Crippen LogP) is 3.14. The van der Waals surface area contributed by atoms with Gasteiger partial charge in [0.25, 0.3) is 0 Å². The van der Waals surface area contributed by atoms with E-state index in [9.17, 15) is 4.79 Å². The number of amides is 1. The van der Waals surface area contributed by atoms with Crippen LogP contribution in [0.3, 0.4) is 0 Å². The number of hydrogen-bond acceptors (Lipinski definition) is 4. The summed E-state index contributed by atoms with van der Waals surface area (Å²) in [6, 6.07) is 0. The van der Waals surface area contributed by atoms with E-state index in [-0.39, 0.29) is 30.1 Å². The third-order valence-electron chi connectivity index (χ3n) is 2.83. The number of nitrogens with one attached hydrogen (secondary N) is 3. The van der Waals surface area contributed by atoms with Gasteiger partial charge in [0.2, 0.25) is 0 Å². The highest BCUT2D eigenvalue weighted by atomic mass is 127. The average molecular weight is 486 g/mol. The van der Waals surface area contributed by atoms with Gasteiger partial charge in [0.1, 0.15) is 5.60 Å². The lowest BCUT2D eigenvalue weighted by atomic mass is 10.2. The molecule has 8 heteroatoms. The Kier molecular flexibility index (Phi) is 17.3. The molecule has 1 amide bonds. The van der Waals surface area contributed by atoms with Gasteiger partial charge in [0, 0.05) is 39.4 Å². The lowest BCUT2D eigenvalue weighted by Crippen LogP contribution is -2.38. The van der Waals surface area contributed by atoms with Crippen molar-refractivity contribution < 1.29 is 14.3 Å². The van der Waals surface area contributed by atoms with Gasteiger partial charge in [0.05, 0.1) is 0 Å². The van der Waals surface area contributed by atoms with Crippen LogP contribution in [0, 0.1) is 5.92 Å². The van der Waals surface area contributed by atoms with Gasteiger partial charge in [-0.2, -0.15) is 0 Å². The lowest BCUT2D eigenvalue weighted by Gasteiger charge is -2.19. The number of rotatable bonds is 11. The van der Waals surface area contributed by atoms with E-state index >= 15 is 0 Å². The van der Waals surface area contributed by atoms with Gasteiger partial charge in [-0.15, -0.1) is 24.0 Å². The molecule has 0 aliphatic rings. The van der Waals surface area contributed by atoms with E-state index in [2.05, 4.69) is 34.8 Å². The Labute approximate surface area is 176 Å². The first-order valence-corrected chi connectivity index (χ1v) is 9.31. The maximum atomic E-state index is 11.5. The Morgan fingerprint density at radius 3 is 2.31 bits per heavy atom. The van der Waals surface area contributed by atoms with Crippen LogP contribution in [0.15, 0.2) is 4.99 Å². The molecule has 0 saturated carbocycles. The number of carbonyl (C=O) groups is 1. The second-order valence-electron chi connectivity index (χ2n) is 7.29. The first-order chi connectivity index (χ1) is 11.7. The molecule has 156 valence electrons. The SMILES string of the molecule is CCNC(=NCCCNC(=O)OC(C)(C)C)NCCCOCC(C)C.I. The van der Waals surface area contributed by atoms with Crippen molar-refractivity contribution in [3.05, 3.63) is 0 Å². The minimum absolute atomic E-state index is 0. The van der Waals surface area contributed by atoms with Crippen molar-refractivity contribution in [2.24, 2.45) is 10.9 Å². The quantitative estimate of drug-likeness (QED) is 0.181. The van der Waals surface area contributed by atoms with Crippen LogP contribution in [0.1, 0.15) is 54.4 Å². The average Bonchev–Trinajstić information content (AvgIpc) is 2.48. The number of guanidine groups is 1. The maximum Gasteiger partial charge on any atom is 0.407 e. The monoisotopic (exact) mass is 486 g/mol. The smallest absolute Gasteiger partial charge is 0.407 e. The summed E-state index contributed by atoms with van der Waals surface area (Å²) in [6.07, 6.45) is 1.31. The number of ether oxygens (including phenoxy) is 2. The van der Waals surface area contributed by atoms with Crippen LogP contribution in [0.2, 0.25) is 0 Å². The van der Waals surface area contributed by atoms with Crippen LogP contribution in [-0.2, 0) is 9.47 Å². The fourth-order valence-electron chi connectivity index (χ4n) is 1.82. The third-order valence-corrected chi connectivity index (χ3v) is 2.83. The lowest BCUT2D eigenvalue weighted by molar-refractivity contribution is 0.0527. The molecule has 0 aliphatic heterocycles. The Morgan fingerprint density at radius 2 is 1.73 bits per heavy atom. The standard InChI is InChI=1S/C18H38N4O3.HI/c1-7-19-16(21-12-9-13-24-14-15(2)3)20-10-8-11-22-17(23)25-18(4,5)6;/h15H,7-14H2,1-6H3,(H,22,23)(H2,19,20,21);1H. The van der Waals surface area contributed by atoms with E-state index in [1.54, 1.807) is 0 Å². The summed E-state index contributed by atoms with van der Waals surface area (Å²) in [6.45, 7) is 16.2. The fraction of sp³-hybridized carbons (Fsp3) is 0.889. The summed E-state index contributed by atoms with van der Waals surface area (Å²) in [4.78, 5) is 16.0. The van der Waals surface area contributed by atoms with Crippen molar-refractivity contribution >= 4 is 36.0 Å². The van der Waals surface area contributed by atoms with Gasteiger partial charge in [-0.25, -0.2) is 4.79 Å². The third kappa shape index (κ3) is 19.6. The van der Waals surface area contributed by atoms with E-state index in [1.807, 2.05) is 27.7 Å². The highest BCUT2D eigenvalue weighted by molar-refractivity contribution is 14.0. The number of carbonyl (C=O) groups excluding carboxylic acids is 1. The van der Waals surface area contributed by atoms with Crippen LogP contribution in [0.5, 0.6) is 0 Å². The maximum absolute atomic E-state index is 11.5. The van der Waals surface area contributed by atoms with Crippen LogP contribution in [-0.4, -0.2) is 57.0 Å². The van der Waals surface area contributed by atoms with Crippen LogP contribution < -0.4 is 16.0 Å². The van der Waals surface area contributed by atoms with Gasteiger partial charge in [0.15, 0.2) is 5.96 Å². The number of nitrogens with zero attached hydrogens (tertiary/aromatic N) is 1. The molecule has 0 aromatic carbocycles. The number of alkyl carbamates (subject to hydrolysis) is 1. The van der Waals surface area contributed by atoms with Crippen LogP contribution in [0.4, 0.5) is 4.79 Å². The molecule has 0 atom stereocenters. The van der Waals surface area contributed by atoms with Gasteiger partial charge < -0.3 is 25.4 Å². The Bertz CT molecular complexity index is 385. The van der Waals surface area contributed by atoms with Gasteiger partial charge >= 0.3 is 6.09 Å². The number of aliphatic imine (C=N–C) groups is 1. The highest BCUT2D eigenvalue weighted by Crippen LogP contribution is 2.06. The molecular weight excluding hydrogens is 447 g/mol. The van der Waals surface area contributed by atoms with Crippen molar-refractivity contribution in [2.75, 3.05) is 39.4 Å². The Morgan fingerprint density at radius 1 is 1.08 bits per heavy atom. The summed E-state index contributed by atoms with van der Waals surface area (Å²) < 4.78 is 10.7. The largest absolute Gasteiger partial charge is 0.444 e. The fourth-order valence-corrected chi connectivity index (χ4v) is 1.82. The molecule has 0 spiro atoms. The summed E-state index contributed by atoms with van der Waals surface area (Å²) >= 11 is 0. The molecule has 0 rings (SSSR count). The van der Waals surface area contributed by atoms with Crippen molar-refractivity contribution in [3.8, 4) is 0 Å². The van der Waals surface area contributed by atoms with E-state index in [0.29, 0.717) is 19.0 Å². The number of hydrogen-bond donors (Lipinski definition) is 3. The Balaban J connectivity index is 0. The molecule has 0 aromatic rings. The van der Waals surface area contributed by atoms with Crippen molar-refractivity contribution in [3.63, 3.8) is 0 Å². The van der Waals surface area contributed by atoms with Gasteiger partial charge in [-0.3, -0.25) is 4.99 Å². The first-order valence-electron chi connectivity index (χ1n) is 9.31. The summed E-state index contributed by atoms with van der Waals surface area (Å²) in [7, 11) is 0. The van der Waals surface area contributed by atoms with Gasteiger partial charge in [-0.05, 0) is 46.5 Å². The van der Waals surface area contributed by atoms with E-state index in [4.69, 9.17) is 9.47 Å². The number of halogens is 1. The second-order valence-corrected chi connectivity index (χ2v) is 7.29. The minimum Gasteiger partial charge on any atom is -0.444 e. The topological polar surface area (TPSA) is 84.0 Å². The molecule has 0 saturated heterocycles. The first kappa shape index (κ1) is 27.4. The summed E-state index contributed by atoms with van der Waals surface area (Å²) in [5.41, 5.74) is -0.469. The van der Waals surface area contributed by atoms with E-state index in [1.165, 1.54) is 0 Å². The molecule has 0 aromatic heterocycles. The molecule has 0 unspecified atom stereocenters. The second kappa shape index (κ2) is 16.4. The Hall–Kier alpha value is -0.770. The zero-order chi connectivity index (χ0) is 19.1. The molecular formula is C18H39IN4O3. The zero-order valence-electron chi connectivity index (χ0n) is 17.3. The van der Waals surface area contributed by atoms with Crippen molar-refractivity contribution in [1.29, 1.82) is 0 Å². The molecule has 7 nitrogen and oxygen atoms in total. The molecule has 0 heterocycles. The van der Waals surface area contributed by atoms with E-state index < -0.39 is 5.60 Å². The summed E-state index contributed by atoms with van der Waals surface area (Å²) in [5.74, 6) is 1.37. The van der Waals surface area contributed by atoms with Crippen molar-refractivity contribution in [1.82, 2.24) is 16.0 Å². The zero-order valence-corrected chi connectivity index (χ0v) is 19.6. The minimum atomic E-state index is -0.469. The molecule has 0 aliphatic carbocycles. The van der Waals surface area contributed by atoms with E-state index in [0.717, 1.165) is 45.1 Å². The molecule has 0 radical (unpaired) electrons. The summed E-state index contributed by atoms with van der Waals surface area (Å²) in [5, 5.41) is 9.23. The van der Waals surface area contributed by atoms with Gasteiger partial charge in [-0.1, -0.05) is 13.8 Å². The molecule has 0 fully saturated rings. The van der Waals surface area contributed by atoms with Crippen LogP contribution >= 0.6 is 24.0 Å². The molecule has 0 bridgehead atoms. The highest BCUT2D eigenvalue weighted by Gasteiger charge is 2.15.